The third-order valence-corrected chi connectivity index (χ3v) is 6.29. The average molecular weight is 444 g/mol. The van der Waals surface area contributed by atoms with Crippen LogP contribution in [0, 0.1) is 0 Å². The first-order valence-electron chi connectivity index (χ1n) is 9.85. The molecule has 0 saturated carbocycles. The summed E-state index contributed by atoms with van der Waals surface area (Å²) < 4.78 is 33.9. The van der Waals surface area contributed by atoms with Gasteiger partial charge in [-0.05, 0) is 43.2 Å². The highest BCUT2D eigenvalue weighted by molar-refractivity contribution is 7.92. The summed E-state index contributed by atoms with van der Waals surface area (Å²) in [6, 6.07) is 10.4. The van der Waals surface area contributed by atoms with Crippen LogP contribution >= 0.6 is 0 Å². The number of benzene rings is 2. The Morgan fingerprint density at radius 2 is 1.84 bits per heavy atom. The lowest BCUT2D eigenvalue weighted by Gasteiger charge is -2.18. The van der Waals surface area contributed by atoms with Crippen molar-refractivity contribution >= 4 is 27.5 Å². The third kappa shape index (κ3) is 5.05. The van der Waals surface area contributed by atoms with Crippen molar-refractivity contribution in [1.82, 2.24) is 10.2 Å². The zero-order chi connectivity index (χ0) is 22.4. The number of nitrogens with one attached hydrogen (secondary N) is 2. The lowest BCUT2D eigenvalue weighted by molar-refractivity contribution is 0.0789. The summed E-state index contributed by atoms with van der Waals surface area (Å²) >= 11 is 0. The van der Waals surface area contributed by atoms with Crippen molar-refractivity contribution in [3.63, 3.8) is 0 Å². The quantitative estimate of drug-likeness (QED) is 0.611. The number of sulfonamides is 1. The number of amides is 2. The van der Waals surface area contributed by atoms with Crippen LogP contribution in [0.1, 0.15) is 33.6 Å². The topological polar surface area (TPSA) is 105 Å². The highest BCUT2D eigenvalue weighted by Crippen LogP contribution is 2.27. The van der Waals surface area contributed by atoms with E-state index < -0.39 is 15.9 Å². The van der Waals surface area contributed by atoms with Gasteiger partial charge in [0.1, 0.15) is 5.75 Å². The number of rotatable bonds is 8. The normalized spacial score (nSPS) is 13.5. The van der Waals surface area contributed by atoms with E-state index >= 15 is 0 Å². The fourth-order valence-electron chi connectivity index (χ4n) is 3.35. The van der Waals surface area contributed by atoms with Gasteiger partial charge in [0.2, 0.25) is 0 Å². The minimum Gasteiger partial charge on any atom is -0.496 e. The van der Waals surface area contributed by atoms with Gasteiger partial charge >= 0.3 is 0 Å². The molecule has 1 aliphatic heterocycles. The van der Waals surface area contributed by atoms with E-state index in [4.69, 9.17) is 4.74 Å². The van der Waals surface area contributed by atoms with Gasteiger partial charge in [-0.2, -0.15) is 0 Å². The molecule has 0 spiro atoms. The van der Waals surface area contributed by atoms with Gasteiger partial charge in [-0.3, -0.25) is 14.3 Å². The van der Waals surface area contributed by atoms with Crippen LogP contribution in [0.25, 0.3) is 0 Å². The molecule has 8 nitrogen and oxygen atoms in total. The molecule has 164 valence electrons. The first-order chi connectivity index (χ1) is 14.9. The Bertz CT molecular complexity index is 1090. The SMILES string of the molecule is C=CCNC(=O)c1ccccc1NS(=O)(=O)c1ccc(OC)c(C(=O)N2CCCC2)c1. The van der Waals surface area contributed by atoms with Crippen molar-refractivity contribution in [2.24, 2.45) is 0 Å². The van der Waals surface area contributed by atoms with Gasteiger partial charge in [-0.1, -0.05) is 18.2 Å². The van der Waals surface area contributed by atoms with Gasteiger partial charge in [0.25, 0.3) is 21.8 Å². The van der Waals surface area contributed by atoms with E-state index in [1.807, 2.05) is 0 Å². The number of methoxy groups -OCH3 is 1. The van der Waals surface area contributed by atoms with E-state index in [-0.39, 0.29) is 34.2 Å². The van der Waals surface area contributed by atoms with Crippen molar-refractivity contribution in [2.45, 2.75) is 17.7 Å². The number of carbonyl (C=O) groups excluding carboxylic acids is 2. The Balaban J connectivity index is 1.93. The molecular weight excluding hydrogens is 418 g/mol. The minimum absolute atomic E-state index is 0.0999. The predicted octanol–water partition coefficient (Wildman–Crippen LogP) is 2.65. The van der Waals surface area contributed by atoms with Crippen molar-refractivity contribution < 1.29 is 22.7 Å². The second-order valence-electron chi connectivity index (χ2n) is 7.01. The van der Waals surface area contributed by atoms with Crippen LogP contribution in [0.3, 0.4) is 0 Å². The molecule has 3 rings (SSSR count). The van der Waals surface area contributed by atoms with Crippen LogP contribution in [0.5, 0.6) is 5.75 Å². The molecule has 2 aromatic rings. The molecule has 0 unspecified atom stereocenters. The standard InChI is InChI=1S/C22H25N3O5S/c1-3-12-23-21(26)17-8-4-5-9-19(17)24-31(28,29)16-10-11-20(30-2)18(15-16)22(27)25-13-6-7-14-25/h3-5,8-11,15,24H,1,6-7,12-14H2,2H3,(H,23,26). The molecule has 2 N–H and O–H groups in total. The van der Waals surface area contributed by atoms with Crippen molar-refractivity contribution in [2.75, 3.05) is 31.5 Å². The van der Waals surface area contributed by atoms with Crippen molar-refractivity contribution in [3.05, 3.63) is 66.2 Å². The van der Waals surface area contributed by atoms with Crippen LogP contribution in [0.15, 0.2) is 60.0 Å². The van der Waals surface area contributed by atoms with E-state index in [0.29, 0.717) is 18.8 Å². The molecule has 0 aliphatic carbocycles. The van der Waals surface area contributed by atoms with Crippen molar-refractivity contribution in [3.8, 4) is 5.75 Å². The number of nitrogens with zero attached hydrogens (tertiary/aromatic N) is 1. The largest absolute Gasteiger partial charge is 0.496 e. The van der Waals surface area contributed by atoms with Gasteiger partial charge < -0.3 is 15.0 Å². The summed E-state index contributed by atoms with van der Waals surface area (Å²) in [7, 11) is -2.64. The minimum atomic E-state index is -4.07. The maximum Gasteiger partial charge on any atom is 0.261 e. The van der Waals surface area contributed by atoms with Gasteiger partial charge in [-0.15, -0.1) is 6.58 Å². The van der Waals surface area contributed by atoms with Gasteiger partial charge in [0.05, 0.1) is 28.8 Å². The monoisotopic (exact) mass is 443 g/mol. The van der Waals surface area contributed by atoms with Gasteiger partial charge in [0, 0.05) is 19.6 Å². The number of para-hydroxylation sites is 1. The fourth-order valence-corrected chi connectivity index (χ4v) is 4.45. The van der Waals surface area contributed by atoms with Crippen molar-refractivity contribution in [1.29, 1.82) is 0 Å². The Hall–Kier alpha value is -3.33. The highest BCUT2D eigenvalue weighted by Gasteiger charge is 2.26. The van der Waals surface area contributed by atoms with Crippen LogP contribution < -0.4 is 14.8 Å². The van der Waals surface area contributed by atoms with Crippen LogP contribution in [0.4, 0.5) is 5.69 Å². The number of hydrogen-bond donors (Lipinski definition) is 2. The summed E-state index contributed by atoms with van der Waals surface area (Å²) in [5, 5.41) is 2.63. The van der Waals surface area contributed by atoms with E-state index in [1.54, 1.807) is 17.0 Å². The molecule has 0 bridgehead atoms. The van der Waals surface area contributed by atoms with Crippen LogP contribution in [-0.2, 0) is 10.0 Å². The third-order valence-electron chi connectivity index (χ3n) is 4.93. The Kier molecular flexibility index (Phi) is 6.96. The summed E-state index contributed by atoms with van der Waals surface area (Å²) in [6.45, 7) is 5.05. The molecule has 1 fully saturated rings. The number of ether oxygens (including phenoxy) is 1. The lowest BCUT2D eigenvalue weighted by atomic mass is 10.1. The van der Waals surface area contributed by atoms with Crippen LogP contribution in [-0.4, -0.2) is 51.9 Å². The molecule has 9 heteroatoms. The molecule has 1 aliphatic rings. The zero-order valence-corrected chi connectivity index (χ0v) is 18.1. The molecule has 1 heterocycles. The lowest BCUT2D eigenvalue weighted by Crippen LogP contribution is -2.28. The number of hydrogen-bond acceptors (Lipinski definition) is 5. The number of likely N-dealkylation sites (tertiary alicyclic amines) is 1. The Morgan fingerprint density at radius 1 is 1.13 bits per heavy atom. The number of carbonyl (C=O) groups is 2. The maximum atomic E-state index is 13.1. The van der Waals surface area contributed by atoms with Gasteiger partial charge in [-0.25, -0.2) is 8.42 Å². The van der Waals surface area contributed by atoms with E-state index in [9.17, 15) is 18.0 Å². The second kappa shape index (κ2) is 9.65. The average Bonchev–Trinajstić information content (AvgIpc) is 3.31. The van der Waals surface area contributed by atoms with E-state index in [0.717, 1.165) is 12.8 Å². The molecule has 0 aromatic heterocycles. The maximum absolute atomic E-state index is 13.1. The highest BCUT2D eigenvalue weighted by atomic mass is 32.2. The summed E-state index contributed by atoms with van der Waals surface area (Å²) in [5.41, 5.74) is 0.492. The van der Waals surface area contributed by atoms with Gasteiger partial charge in [0.15, 0.2) is 0 Å². The smallest absolute Gasteiger partial charge is 0.261 e. The number of anilines is 1. The predicted molar refractivity (Wildman–Crippen MR) is 118 cm³/mol. The molecular formula is C22H25N3O5S. The summed E-state index contributed by atoms with van der Waals surface area (Å²) in [5.74, 6) is -0.395. The van der Waals surface area contributed by atoms with E-state index in [2.05, 4.69) is 16.6 Å². The molecule has 0 radical (unpaired) electrons. The molecule has 1 saturated heterocycles. The fraction of sp³-hybridized carbons (Fsp3) is 0.273. The zero-order valence-electron chi connectivity index (χ0n) is 17.3. The Morgan fingerprint density at radius 3 is 2.52 bits per heavy atom. The first-order valence-corrected chi connectivity index (χ1v) is 11.3. The first kappa shape index (κ1) is 22.4. The molecule has 2 aromatic carbocycles. The molecule has 31 heavy (non-hydrogen) atoms. The Labute approximate surface area is 181 Å². The molecule has 0 atom stereocenters. The second-order valence-corrected chi connectivity index (χ2v) is 8.69. The van der Waals surface area contributed by atoms with Crippen LogP contribution in [0.2, 0.25) is 0 Å². The van der Waals surface area contributed by atoms with E-state index in [1.165, 1.54) is 43.5 Å². The molecule has 2 amide bonds. The summed E-state index contributed by atoms with van der Waals surface area (Å²) in [4.78, 5) is 26.8. The summed E-state index contributed by atoms with van der Waals surface area (Å²) in [6.07, 6.45) is 3.36.